The van der Waals surface area contributed by atoms with Gasteiger partial charge in [-0.1, -0.05) is 74.3 Å². The van der Waals surface area contributed by atoms with E-state index in [-0.39, 0.29) is 5.54 Å². The highest BCUT2D eigenvalue weighted by molar-refractivity contribution is 9.24. The van der Waals surface area contributed by atoms with Crippen LogP contribution in [0.5, 0.6) is 0 Å². The molecule has 4 rings (SSSR count). The molecule has 0 fully saturated rings. The fourth-order valence-electron chi connectivity index (χ4n) is 3.12. The minimum atomic E-state index is -0.391. The monoisotopic (exact) mass is 442 g/mol. The van der Waals surface area contributed by atoms with Crippen LogP contribution in [-0.2, 0) is 3.23 Å². The first-order valence-corrected chi connectivity index (χ1v) is 9.41. The first-order valence-electron chi connectivity index (χ1n) is 7.83. The van der Waals surface area contributed by atoms with Crippen LogP contribution < -0.4 is 0 Å². The van der Waals surface area contributed by atoms with E-state index in [1.165, 1.54) is 5.56 Å². The van der Waals surface area contributed by atoms with Gasteiger partial charge in [-0.05, 0) is 31.5 Å². The maximum Gasteiger partial charge on any atom is 0.130 e. The summed E-state index contributed by atoms with van der Waals surface area (Å²) in [6.07, 6.45) is 1.92. The van der Waals surface area contributed by atoms with E-state index in [1.807, 2.05) is 24.4 Å². The standard InChI is InChI=1S/C20H16Br2N2/c1-19(2)20(21,22)16-9-5-4-8-15(16)18(24-19)14-11-13-7-3-6-10-17(13)23-12-14/h3-12H,1-2H3. The number of nitrogens with zero attached hydrogens (tertiary/aromatic N) is 2. The lowest BCUT2D eigenvalue weighted by Gasteiger charge is -2.41. The number of fused-ring (bicyclic) bond motifs is 2. The average Bonchev–Trinajstić information content (AvgIpc) is 2.58. The number of benzene rings is 2. The van der Waals surface area contributed by atoms with Crippen LogP contribution in [0.25, 0.3) is 10.9 Å². The van der Waals surface area contributed by atoms with Gasteiger partial charge in [-0.3, -0.25) is 9.98 Å². The topological polar surface area (TPSA) is 25.2 Å². The van der Waals surface area contributed by atoms with Crippen molar-refractivity contribution in [1.29, 1.82) is 0 Å². The third-order valence-corrected chi connectivity index (χ3v) is 7.34. The van der Waals surface area contributed by atoms with Gasteiger partial charge < -0.3 is 0 Å². The van der Waals surface area contributed by atoms with Gasteiger partial charge in [0.25, 0.3) is 0 Å². The van der Waals surface area contributed by atoms with Crippen molar-refractivity contribution in [1.82, 2.24) is 4.98 Å². The van der Waals surface area contributed by atoms with Crippen molar-refractivity contribution in [3.63, 3.8) is 0 Å². The fourth-order valence-corrected chi connectivity index (χ4v) is 3.99. The molecule has 0 atom stereocenters. The smallest absolute Gasteiger partial charge is 0.130 e. The minimum absolute atomic E-state index is 0.345. The van der Waals surface area contributed by atoms with E-state index in [1.54, 1.807) is 0 Å². The molecule has 3 aromatic rings. The van der Waals surface area contributed by atoms with Crippen LogP contribution in [0.15, 0.2) is 65.8 Å². The summed E-state index contributed by atoms with van der Waals surface area (Å²) in [6, 6.07) is 18.7. The molecule has 2 heterocycles. The van der Waals surface area contributed by atoms with Crippen molar-refractivity contribution < 1.29 is 0 Å². The molecule has 120 valence electrons. The first-order chi connectivity index (χ1) is 11.4. The van der Waals surface area contributed by atoms with Crippen LogP contribution in [0, 0.1) is 0 Å². The molecule has 0 saturated carbocycles. The summed E-state index contributed by atoms with van der Waals surface area (Å²) >= 11 is 7.69. The van der Waals surface area contributed by atoms with Gasteiger partial charge in [-0.15, -0.1) is 0 Å². The predicted octanol–water partition coefficient (Wildman–Crippen LogP) is 5.81. The number of hydrogen-bond acceptors (Lipinski definition) is 2. The van der Waals surface area contributed by atoms with Crippen LogP contribution in [0.3, 0.4) is 0 Å². The van der Waals surface area contributed by atoms with Gasteiger partial charge in [-0.25, -0.2) is 0 Å². The van der Waals surface area contributed by atoms with Crippen LogP contribution in [-0.4, -0.2) is 16.2 Å². The summed E-state index contributed by atoms with van der Waals surface area (Å²) in [5, 5.41) is 1.13. The van der Waals surface area contributed by atoms with Crippen LogP contribution in [0.4, 0.5) is 0 Å². The highest BCUT2D eigenvalue weighted by Crippen LogP contribution is 2.53. The van der Waals surface area contributed by atoms with Crippen molar-refractivity contribution >= 4 is 48.5 Å². The third-order valence-electron chi connectivity index (χ3n) is 4.54. The Hall–Kier alpha value is -1.52. The van der Waals surface area contributed by atoms with Crippen LogP contribution in [0.2, 0.25) is 0 Å². The van der Waals surface area contributed by atoms with Crippen LogP contribution in [0.1, 0.15) is 30.5 Å². The molecule has 1 aromatic heterocycles. The predicted molar refractivity (Wildman–Crippen MR) is 107 cm³/mol. The van der Waals surface area contributed by atoms with Gasteiger partial charge in [-0.2, -0.15) is 0 Å². The largest absolute Gasteiger partial charge is 0.275 e. The lowest BCUT2D eigenvalue weighted by molar-refractivity contribution is 0.485. The lowest BCUT2D eigenvalue weighted by atomic mass is 9.85. The number of aromatic nitrogens is 1. The molecule has 0 saturated heterocycles. The molecule has 2 aromatic carbocycles. The normalized spacial score (nSPS) is 18.1. The lowest BCUT2D eigenvalue weighted by Crippen LogP contribution is -2.41. The van der Waals surface area contributed by atoms with Crippen molar-refractivity contribution in [3.8, 4) is 0 Å². The molecule has 1 aliphatic heterocycles. The number of pyridine rings is 1. The van der Waals surface area contributed by atoms with Gasteiger partial charge in [0.15, 0.2) is 0 Å². The molecular weight excluding hydrogens is 428 g/mol. The minimum Gasteiger partial charge on any atom is -0.275 e. The number of para-hydroxylation sites is 1. The van der Waals surface area contributed by atoms with E-state index in [4.69, 9.17) is 4.99 Å². The number of aliphatic imine (C=N–C) groups is 1. The molecule has 2 nitrogen and oxygen atoms in total. The quantitative estimate of drug-likeness (QED) is 0.436. The summed E-state index contributed by atoms with van der Waals surface area (Å²) in [5.74, 6) is 0. The Morgan fingerprint density at radius 3 is 2.46 bits per heavy atom. The van der Waals surface area contributed by atoms with Gasteiger partial charge in [0.2, 0.25) is 0 Å². The summed E-state index contributed by atoms with van der Waals surface area (Å²) in [6.45, 7) is 4.25. The molecule has 0 radical (unpaired) electrons. The van der Waals surface area contributed by atoms with Gasteiger partial charge in [0, 0.05) is 22.7 Å². The Labute approximate surface area is 158 Å². The van der Waals surface area contributed by atoms with E-state index in [9.17, 15) is 0 Å². The summed E-state index contributed by atoms with van der Waals surface area (Å²) in [5.41, 5.74) is 5.01. The van der Waals surface area contributed by atoms with E-state index in [2.05, 4.69) is 87.1 Å². The number of halogens is 2. The molecule has 0 amide bonds. The molecule has 24 heavy (non-hydrogen) atoms. The molecule has 0 N–H and O–H groups in total. The number of rotatable bonds is 1. The number of alkyl halides is 2. The second kappa shape index (κ2) is 5.50. The van der Waals surface area contributed by atoms with Crippen molar-refractivity contribution in [2.75, 3.05) is 0 Å². The first kappa shape index (κ1) is 16.0. The fraction of sp³-hybridized carbons (Fsp3) is 0.200. The van der Waals surface area contributed by atoms with Gasteiger partial charge in [0.1, 0.15) is 3.23 Å². The number of hydrogen-bond donors (Lipinski definition) is 0. The second-order valence-corrected chi connectivity index (χ2v) is 10.00. The van der Waals surface area contributed by atoms with Crippen molar-refractivity contribution in [3.05, 3.63) is 77.5 Å². The van der Waals surface area contributed by atoms with Crippen LogP contribution >= 0.6 is 31.9 Å². The molecular formula is C20H16Br2N2. The highest BCUT2D eigenvalue weighted by atomic mass is 79.9. The Bertz CT molecular complexity index is 974. The second-order valence-electron chi connectivity index (χ2n) is 6.56. The van der Waals surface area contributed by atoms with Gasteiger partial charge in [0.05, 0.1) is 16.8 Å². The molecule has 0 aliphatic carbocycles. The molecule has 4 heteroatoms. The van der Waals surface area contributed by atoms with Crippen molar-refractivity contribution in [2.45, 2.75) is 22.6 Å². The third kappa shape index (κ3) is 2.35. The zero-order valence-electron chi connectivity index (χ0n) is 13.4. The average molecular weight is 444 g/mol. The Kier molecular flexibility index (Phi) is 3.66. The van der Waals surface area contributed by atoms with E-state index >= 15 is 0 Å². The Morgan fingerprint density at radius 2 is 1.62 bits per heavy atom. The van der Waals surface area contributed by atoms with E-state index in [0.717, 1.165) is 27.7 Å². The van der Waals surface area contributed by atoms with Gasteiger partial charge >= 0.3 is 0 Å². The van der Waals surface area contributed by atoms with E-state index in [0.29, 0.717) is 0 Å². The molecule has 0 unspecified atom stereocenters. The Morgan fingerprint density at radius 1 is 0.917 bits per heavy atom. The summed E-state index contributed by atoms with van der Waals surface area (Å²) in [7, 11) is 0. The van der Waals surface area contributed by atoms with E-state index < -0.39 is 3.23 Å². The maximum absolute atomic E-state index is 5.07. The maximum atomic E-state index is 5.07. The summed E-state index contributed by atoms with van der Waals surface area (Å²) in [4.78, 5) is 9.68. The Balaban J connectivity index is 1.98. The zero-order valence-corrected chi connectivity index (χ0v) is 16.6. The highest BCUT2D eigenvalue weighted by Gasteiger charge is 2.47. The SMILES string of the molecule is CC1(C)N=C(c2cnc3ccccc3c2)c2ccccc2C1(Br)Br. The molecule has 0 spiro atoms. The molecule has 0 bridgehead atoms. The zero-order chi connectivity index (χ0) is 16.9. The summed E-state index contributed by atoms with van der Waals surface area (Å²) < 4.78 is -0.391. The molecule has 1 aliphatic rings. The van der Waals surface area contributed by atoms with Crippen molar-refractivity contribution in [2.24, 2.45) is 4.99 Å².